The molecule has 3 rings (SSSR count). The summed E-state index contributed by atoms with van der Waals surface area (Å²) in [5.41, 5.74) is 0.811. The molecule has 0 aromatic heterocycles. The fraction of sp³-hybridized carbons (Fsp3) is 0.300. The molecule has 2 amide bonds. The second kappa shape index (κ2) is 8.64. The van der Waals surface area contributed by atoms with Gasteiger partial charge in [0.05, 0.1) is 18.2 Å². The fourth-order valence-corrected chi connectivity index (χ4v) is 2.91. The minimum Gasteiger partial charge on any atom is -0.491 e. The molecule has 1 atom stereocenters. The number of nitrogens with zero attached hydrogens (tertiary/aromatic N) is 1. The van der Waals surface area contributed by atoms with Crippen molar-refractivity contribution >= 4 is 23.2 Å². The smallest absolute Gasteiger partial charge is 0.229 e. The zero-order chi connectivity index (χ0) is 19.2. The van der Waals surface area contributed by atoms with Gasteiger partial charge in [0.25, 0.3) is 0 Å². The van der Waals surface area contributed by atoms with E-state index in [1.54, 1.807) is 43.5 Å². The summed E-state index contributed by atoms with van der Waals surface area (Å²) in [5, 5.41) is 2.79. The number of amides is 2. The molecule has 142 valence electrons. The van der Waals surface area contributed by atoms with E-state index in [9.17, 15) is 14.0 Å². The normalized spacial score (nSPS) is 16.4. The summed E-state index contributed by atoms with van der Waals surface area (Å²) in [6.45, 7) is 1.09. The lowest BCUT2D eigenvalue weighted by Gasteiger charge is -2.17. The molecule has 0 spiro atoms. The Bertz CT molecular complexity index is 810. The Morgan fingerprint density at radius 2 is 1.93 bits per heavy atom. The summed E-state index contributed by atoms with van der Waals surface area (Å²) >= 11 is 0. The maximum Gasteiger partial charge on any atom is 0.229 e. The Hall–Kier alpha value is -2.93. The van der Waals surface area contributed by atoms with Crippen LogP contribution in [0.3, 0.4) is 0 Å². The van der Waals surface area contributed by atoms with Crippen LogP contribution in [0.25, 0.3) is 0 Å². The van der Waals surface area contributed by atoms with Gasteiger partial charge in [0.15, 0.2) is 0 Å². The van der Waals surface area contributed by atoms with Crippen molar-refractivity contribution < 1.29 is 23.5 Å². The highest BCUT2D eigenvalue weighted by molar-refractivity contribution is 6.03. The summed E-state index contributed by atoms with van der Waals surface area (Å²) in [6, 6.07) is 13.0. The topological polar surface area (TPSA) is 67.9 Å². The molecule has 6 nitrogen and oxygen atoms in total. The van der Waals surface area contributed by atoms with Crippen molar-refractivity contribution in [2.45, 2.75) is 6.42 Å². The van der Waals surface area contributed by atoms with Gasteiger partial charge in [-0.05, 0) is 36.4 Å². The zero-order valence-electron chi connectivity index (χ0n) is 15.0. The third-order valence-electron chi connectivity index (χ3n) is 4.32. The van der Waals surface area contributed by atoms with Gasteiger partial charge in [-0.1, -0.05) is 12.1 Å². The molecule has 0 saturated carbocycles. The molecule has 1 aliphatic heterocycles. The molecule has 0 bridgehead atoms. The molecule has 7 heteroatoms. The first-order chi connectivity index (χ1) is 13.1. The highest BCUT2D eigenvalue weighted by Crippen LogP contribution is 2.28. The Kier molecular flexibility index (Phi) is 6.03. The second-order valence-corrected chi connectivity index (χ2v) is 6.21. The number of ether oxygens (including phenoxy) is 2. The van der Waals surface area contributed by atoms with Gasteiger partial charge in [-0.2, -0.15) is 0 Å². The zero-order valence-corrected chi connectivity index (χ0v) is 15.0. The molecule has 1 heterocycles. The van der Waals surface area contributed by atoms with Crippen molar-refractivity contribution in [3.05, 3.63) is 54.3 Å². The Labute approximate surface area is 156 Å². The number of para-hydroxylation sites is 1. The summed E-state index contributed by atoms with van der Waals surface area (Å²) in [6.07, 6.45) is 0.0539. The fourth-order valence-electron chi connectivity index (χ4n) is 2.91. The molecule has 1 aliphatic rings. The van der Waals surface area contributed by atoms with Crippen molar-refractivity contribution in [2.24, 2.45) is 5.92 Å². The molecule has 2 aromatic carbocycles. The Morgan fingerprint density at radius 1 is 1.19 bits per heavy atom. The molecular formula is C20H21FN2O4. The van der Waals surface area contributed by atoms with Gasteiger partial charge in [0.1, 0.15) is 18.2 Å². The van der Waals surface area contributed by atoms with Crippen LogP contribution in [0.2, 0.25) is 0 Å². The Morgan fingerprint density at radius 3 is 2.63 bits per heavy atom. The maximum atomic E-state index is 13.9. The number of rotatable bonds is 7. The number of halogens is 1. The number of nitrogens with one attached hydrogen (secondary N) is 1. The monoisotopic (exact) mass is 372 g/mol. The van der Waals surface area contributed by atoms with E-state index < -0.39 is 11.7 Å². The van der Waals surface area contributed by atoms with Crippen molar-refractivity contribution in [3.63, 3.8) is 0 Å². The van der Waals surface area contributed by atoms with E-state index >= 15 is 0 Å². The Balaban J connectivity index is 1.59. The second-order valence-electron chi connectivity index (χ2n) is 6.21. The maximum absolute atomic E-state index is 13.9. The van der Waals surface area contributed by atoms with Crippen LogP contribution in [0, 0.1) is 11.7 Å². The van der Waals surface area contributed by atoms with Crippen molar-refractivity contribution in [1.29, 1.82) is 0 Å². The van der Waals surface area contributed by atoms with Crippen LogP contribution in [-0.2, 0) is 14.3 Å². The summed E-state index contributed by atoms with van der Waals surface area (Å²) in [7, 11) is 1.60. The van der Waals surface area contributed by atoms with Crippen molar-refractivity contribution in [2.75, 3.05) is 37.1 Å². The SMILES string of the molecule is COCCOc1ccc(NC(=O)C2CC(=O)N(c3ccccc3F)C2)cc1. The third-order valence-corrected chi connectivity index (χ3v) is 4.32. The van der Waals surface area contributed by atoms with Gasteiger partial charge in [0.2, 0.25) is 11.8 Å². The predicted octanol–water partition coefficient (Wildman–Crippen LogP) is 2.84. The average molecular weight is 372 g/mol. The van der Waals surface area contributed by atoms with Crippen molar-refractivity contribution in [1.82, 2.24) is 0 Å². The van der Waals surface area contributed by atoms with E-state index in [1.165, 1.54) is 17.0 Å². The minimum absolute atomic E-state index is 0.0539. The number of benzene rings is 2. The molecule has 0 aliphatic carbocycles. The van der Waals surface area contributed by atoms with Gasteiger partial charge >= 0.3 is 0 Å². The highest BCUT2D eigenvalue weighted by atomic mass is 19.1. The summed E-state index contributed by atoms with van der Waals surface area (Å²) in [5.74, 6) is -0.866. The van der Waals surface area contributed by atoms with Gasteiger partial charge in [0, 0.05) is 25.8 Å². The lowest BCUT2D eigenvalue weighted by molar-refractivity contribution is -0.122. The van der Waals surface area contributed by atoms with E-state index in [-0.39, 0.29) is 30.5 Å². The first-order valence-electron chi connectivity index (χ1n) is 8.66. The van der Waals surface area contributed by atoms with Crippen LogP contribution >= 0.6 is 0 Å². The van der Waals surface area contributed by atoms with Crippen LogP contribution in [0.1, 0.15) is 6.42 Å². The lowest BCUT2D eigenvalue weighted by atomic mass is 10.1. The lowest BCUT2D eigenvalue weighted by Crippen LogP contribution is -2.28. The summed E-state index contributed by atoms with van der Waals surface area (Å²) < 4.78 is 24.3. The van der Waals surface area contributed by atoms with Gasteiger partial charge in [-0.3, -0.25) is 9.59 Å². The third kappa shape index (κ3) is 4.62. The number of anilines is 2. The number of hydrogen-bond acceptors (Lipinski definition) is 4. The minimum atomic E-state index is -0.533. The standard InChI is InChI=1S/C20H21FN2O4/c1-26-10-11-27-16-8-6-15(7-9-16)22-20(25)14-12-19(24)23(13-14)18-5-3-2-4-17(18)21/h2-9,14H,10-13H2,1H3,(H,22,25). The molecule has 1 fully saturated rings. The predicted molar refractivity (Wildman–Crippen MR) is 99.3 cm³/mol. The average Bonchev–Trinajstić information content (AvgIpc) is 3.05. The van der Waals surface area contributed by atoms with Crippen LogP contribution in [0.4, 0.5) is 15.8 Å². The van der Waals surface area contributed by atoms with Crippen LogP contribution in [-0.4, -0.2) is 38.7 Å². The van der Waals surface area contributed by atoms with E-state index in [2.05, 4.69) is 5.32 Å². The molecule has 1 saturated heterocycles. The number of methoxy groups -OCH3 is 1. The molecule has 2 aromatic rings. The first-order valence-corrected chi connectivity index (χ1v) is 8.66. The number of carbonyl (C=O) groups excluding carboxylic acids is 2. The van der Waals surface area contributed by atoms with Crippen LogP contribution in [0.5, 0.6) is 5.75 Å². The quantitative estimate of drug-likeness (QED) is 0.759. The largest absolute Gasteiger partial charge is 0.491 e. The van der Waals surface area contributed by atoms with E-state index in [0.717, 1.165) is 0 Å². The van der Waals surface area contributed by atoms with Crippen LogP contribution in [0.15, 0.2) is 48.5 Å². The summed E-state index contributed by atoms with van der Waals surface area (Å²) in [4.78, 5) is 26.0. The number of hydrogen-bond donors (Lipinski definition) is 1. The van der Waals surface area contributed by atoms with Gasteiger partial charge in [-0.25, -0.2) is 4.39 Å². The van der Waals surface area contributed by atoms with E-state index in [0.29, 0.717) is 24.7 Å². The van der Waals surface area contributed by atoms with Gasteiger partial charge < -0.3 is 19.7 Å². The molecular weight excluding hydrogens is 351 g/mol. The molecule has 0 radical (unpaired) electrons. The van der Waals surface area contributed by atoms with Crippen LogP contribution < -0.4 is 15.0 Å². The molecule has 27 heavy (non-hydrogen) atoms. The van der Waals surface area contributed by atoms with E-state index in [1.807, 2.05) is 0 Å². The van der Waals surface area contributed by atoms with E-state index in [4.69, 9.17) is 9.47 Å². The molecule has 1 unspecified atom stereocenters. The first kappa shape index (κ1) is 18.8. The number of carbonyl (C=O) groups is 2. The molecule has 1 N–H and O–H groups in total. The highest BCUT2D eigenvalue weighted by Gasteiger charge is 2.36. The van der Waals surface area contributed by atoms with Crippen molar-refractivity contribution in [3.8, 4) is 5.75 Å². The van der Waals surface area contributed by atoms with Gasteiger partial charge in [-0.15, -0.1) is 0 Å².